The molecule has 1 N–H and O–H groups in total. The molecule has 1 fully saturated rings. The first-order valence-electron chi connectivity index (χ1n) is 15.9. The van der Waals surface area contributed by atoms with Crippen LogP contribution in [0.2, 0.25) is 10.0 Å². The van der Waals surface area contributed by atoms with Gasteiger partial charge < -0.3 is 28.9 Å². The highest BCUT2D eigenvalue weighted by atomic mass is 35.5. The van der Waals surface area contributed by atoms with E-state index >= 15 is 0 Å². The molecule has 0 spiro atoms. The minimum absolute atomic E-state index is 0.00405. The number of methoxy groups -OCH3 is 1. The van der Waals surface area contributed by atoms with E-state index in [-0.39, 0.29) is 68.6 Å². The maximum atomic E-state index is 13.3. The van der Waals surface area contributed by atoms with Gasteiger partial charge in [0.1, 0.15) is 34.0 Å². The maximum Gasteiger partial charge on any atom is 0.387 e. The molecule has 1 aliphatic carbocycles. The van der Waals surface area contributed by atoms with Crippen LogP contribution in [0.5, 0.6) is 17.2 Å². The molecule has 1 saturated carbocycles. The van der Waals surface area contributed by atoms with E-state index in [0.29, 0.717) is 16.5 Å². The molecule has 2 aromatic carbocycles. The number of alkyl halides is 2. The highest BCUT2D eigenvalue weighted by Gasteiger charge is 2.28. The first-order chi connectivity index (χ1) is 24.9. The van der Waals surface area contributed by atoms with Gasteiger partial charge in [-0.25, -0.2) is 4.21 Å². The Balaban J connectivity index is 1.56. The monoisotopic (exact) mass is 820 g/mol. The lowest BCUT2D eigenvalue weighted by molar-refractivity contribution is -0.605. The molecule has 0 amide bonds. The highest BCUT2D eigenvalue weighted by molar-refractivity contribution is 8.14. The molecule has 3 aromatic rings. The van der Waals surface area contributed by atoms with Gasteiger partial charge in [-0.2, -0.15) is 13.5 Å². The molecule has 288 valence electrons. The fourth-order valence-electron chi connectivity index (χ4n) is 4.79. The number of hydrogen-bond donors (Lipinski definition) is 1. The number of esters is 2. The van der Waals surface area contributed by atoms with Crippen molar-refractivity contribution in [2.24, 2.45) is 5.92 Å². The standard InChI is InChI=1S/C34H36Cl2F2N2O11S2/c1-34(2,3)51-30(41)16-40(53(45)46)25-11-21(8-9-26(25)47-4)32(43)52-18-31(42)49-28(13-22-23(35)14-39(44)15-24(22)36)20-7-10-27(50-33(37)38)29(12-20)48-17-19-5-6-19/h7-12,14-15,19,28,33H,5-6,13,16-18H2,1-4H3,(H,45,46)/t28-/m0/s1. The number of halogens is 4. The Kier molecular flexibility index (Phi) is 14.5. The summed E-state index contributed by atoms with van der Waals surface area (Å²) in [5, 5.41) is 11.2. The second-order valence-electron chi connectivity index (χ2n) is 12.6. The van der Waals surface area contributed by atoms with Gasteiger partial charge in [0.15, 0.2) is 23.9 Å². The number of anilines is 1. The summed E-state index contributed by atoms with van der Waals surface area (Å²) in [7, 11) is 1.29. The van der Waals surface area contributed by atoms with Crippen molar-refractivity contribution in [2.75, 3.05) is 30.3 Å². The van der Waals surface area contributed by atoms with Crippen LogP contribution in [0.1, 0.15) is 61.2 Å². The molecule has 1 aliphatic rings. The molecule has 2 atom stereocenters. The number of benzene rings is 2. The van der Waals surface area contributed by atoms with Crippen molar-refractivity contribution in [2.45, 2.75) is 58.4 Å². The van der Waals surface area contributed by atoms with Gasteiger partial charge in [-0.3, -0.25) is 23.2 Å². The van der Waals surface area contributed by atoms with Crippen LogP contribution >= 0.6 is 35.0 Å². The normalized spacial score (nSPS) is 13.9. The van der Waals surface area contributed by atoms with Crippen molar-refractivity contribution in [1.29, 1.82) is 0 Å². The lowest BCUT2D eigenvalue weighted by atomic mass is 10.0. The molecule has 13 nitrogen and oxygen atoms in total. The van der Waals surface area contributed by atoms with Gasteiger partial charge in [-0.1, -0.05) is 41.0 Å². The average molecular weight is 822 g/mol. The molecule has 1 heterocycles. The molecule has 1 unspecified atom stereocenters. The van der Waals surface area contributed by atoms with Crippen LogP contribution in [0, 0.1) is 11.1 Å². The second-order valence-corrected chi connectivity index (χ2v) is 15.3. The van der Waals surface area contributed by atoms with Gasteiger partial charge in [0.2, 0.25) is 5.12 Å². The van der Waals surface area contributed by atoms with E-state index in [2.05, 4.69) is 4.74 Å². The number of thioether (sulfide) groups is 1. The average Bonchev–Trinajstić information content (AvgIpc) is 3.90. The number of ether oxygens (including phenoxy) is 5. The van der Waals surface area contributed by atoms with Crippen molar-refractivity contribution in [1.82, 2.24) is 0 Å². The van der Waals surface area contributed by atoms with Crippen molar-refractivity contribution < 1.29 is 60.3 Å². The maximum absolute atomic E-state index is 13.3. The summed E-state index contributed by atoms with van der Waals surface area (Å²) >= 11 is 10.5. The number of aromatic nitrogens is 1. The minimum Gasteiger partial charge on any atom is -0.619 e. The summed E-state index contributed by atoms with van der Waals surface area (Å²) in [5.74, 6) is -2.10. The topological polar surface area (TPSA) is 165 Å². The summed E-state index contributed by atoms with van der Waals surface area (Å²) < 4.78 is 76.6. The predicted octanol–water partition coefficient (Wildman–Crippen LogP) is 6.71. The molecule has 1 aromatic heterocycles. The predicted molar refractivity (Wildman–Crippen MR) is 193 cm³/mol. The fourth-order valence-corrected chi connectivity index (χ4v) is 6.53. The fraction of sp³-hybridized carbons (Fsp3) is 0.412. The Morgan fingerprint density at radius 2 is 1.72 bits per heavy atom. The SMILES string of the molecule is COc1ccc(C(=O)SCC(=O)O[C@@H](Cc2c(Cl)c[n+]([O-])cc2Cl)c2ccc(OC(F)F)c(OCC3CC3)c2)cc1N(CC(=O)OC(C)(C)C)S(=O)O. The number of nitrogens with zero attached hydrogens (tertiary/aromatic N) is 2. The molecule has 19 heteroatoms. The second kappa shape index (κ2) is 18.4. The van der Waals surface area contributed by atoms with Crippen LogP contribution < -0.4 is 23.2 Å². The van der Waals surface area contributed by atoms with Gasteiger partial charge in [-0.05, 0) is 75.4 Å². The molecule has 0 saturated heterocycles. The number of carbonyl (C=O) groups excluding carboxylic acids is 3. The van der Waals surface area contributed by atoms with E-state index in [4.69, 9.17) is 42.1 Å². The molecule has 0 radical (unpaired) electrons. The molecule has 0 aliphatic heterocycles. The van der Waals surface area contributed by atoms with Crippen LogP contribution in [0.4, 0.5) is 14.5 Å². The first kappa shape index (κ1) is 41.9. The third kappa shape index (κ3) is 12.6. The van der Waals surface area contributed by atoms with Gasteiger partial charge in [0.05, 0.1) is 25.2 Å². The van der Waals surface area contributed by atoms with Crippen LogP contribution in [0.15, 0.2) is 48.8 Å². The zero-order chi connectivity index (χ0) is 39.0. The van der Waals surface area contributed by atoms with E-state index in [1.54, 1.807) is 20.8 Å². The third-order valence-corrected chi connectivity index (χ3v) is 9.57. The molecule has 0 bridgehead atoms. The summed E-state index contributed by atoms with van der Waals surface area (Å²) in [6, 6.07) is 7.98. The molecular weight excluding hydrogens is 785 g/mol. The molecular formula is C34H36Cl2F2N2O11S2. The number of rotatable bonds is 17. The van der Waals surface area contributed by atoms with Crippen LogP contribution in [-0.4, -0.2) is 64.0 Å². The lowest BCUT2D eigenvalue weighted by Gasteiger charge is -2.25. The van der Waals surface area contributed by atoms with Crippen molar-refractivity contribution in [3.8, 4) is 17.2 Å². The Hall–Kier alpha value is -3.90. The van der Waals surface area contributed by atoms with Crippen LogP contribution in [0.25, 0.3) is 0 Å². The number of hydrogen-bond acceptors (Lipinski definition) is 11. The Bertz CT molecular complexity index is 1820. The highest BCUT2D eigenvalue weighted by Crippen LogP contribution is 2.38. The largest absolute Gasteiger partial charge is 0.619 e. The smallest absolute Gasteiger partial charge is 0.387 e. The third-order valence-electron chi connectivity index (χ3n) is 7.33. The van der Waals surface area contributed by atoms with Gasteiger partial charge in [-0.15, -0.1) is 0 Å². The van der Waals surface area contributed by atoms with Gasteiger partial charge in [0, 0.05) is 17.5 Å². The Morgan fingerprint density at radius 1 is 1.06 bits per heavy atom. The summed E-state index contributed by atoms with van der Waals surface area (Å²) in [6.45, 7) is 1.37. The molecule has 53 heavy (non-hydrogen) atoms. The summed E-state index contributed by atoms with van der Waals surface area (Å²) in [6.07, 6.45) is 2.65. The zero-order valence-corrected chi connectivity index (χ0v) is 32.0. The van der Waals surface area contributed by atoms with Gasteiger partial charge in [0.25, 0.3) is 11.3 Å². The Labute approximate surface area is 320 Å². The first-order valence-corrected chi connectivity index (χ1v) is 18.7. The van der Waals surface area contributed by atoms with Crippen molar-refractivity contribution in [3.63, 3.8) is 0 Å². The number of carbonyl (C=O) groups is 3. The lowest BCUT2D eigenvalue weighted by Crippen LogP contribution is -2.36. The van der Waals surface area contributed by atoms with Crippen molar-refractivity contribution in [3.05, 3.63) is 80.7 Å². The van der Waals surface area contributed by atoms with E-state index < -0.39 is 58.9 Å². The van der Waals surface area contributed by atoms with E-state index in [9.17, 15) is 37.1 Å². The van der Waals surface area contributed by atoms with Crippen LogP contribution in [-0.2, 0) is 36.8 Å². The summed E-state index contributed by atoms with van der Waals surface area (Å²) in [4.78, 5) is 39.0. The summed E-state index contributed by atoms with van der Waals surface area (Å²) in [5.41, 5.74) is -0.407. The van der Waals surface area contributed by atoms with Crippen LogP contribution in [0.3, 0.4) is 0 Å². The van der Waals surface area contributed by atoms with E-state index in [0.717, 1.165) is 29.5 Å². The van der Waals surface area contributed by atoms with Gasteiger partial charge >= 0.3 is 18.6 Å². The minimum atomic E-state index is -3.13. The zero-order valence-electron chi connectivity index (χ0n) is 28.8. The quantitative estimate of drug-likeness (QED) is 0.0664. The van der Waals surface area contributed by atoms with E-state index in [1.165, 1.54) is 43.5 Å². The number of pyridine rings is 1. The Morgan fingerprint density at radius 3 is 2.30 bits per heavy atom. The molecule has 4 rings (SSSR count). The van der Waals surface area contributed by atoms with E-state index in [1.807, 2.05) is 0 Å². The van der Waals surface area contributed by atoms with Crippen molar-refractivity contribution >= 4 is 69.0 Å².